The van der Waals surface area contributed by atoms with Crippen molar-refractivity contribution in [3.63, 3.8) is 0 Å². The van der Waals surface area contributed by atoms with Gasteiger partial charge in [0.2, 0.25) is 0 Å². The van der Waals surface area contributed by atoms with Gasteiger partial charge < -0.3 is 9.47 Å². The fourth-order valence-corrected chi connectivity index (χ4v) is 2.25. The summed E-state index contributed by atoms with van der Waals surface area (Å²) >= 11 is 3.32. The van der Waals surface area contributed by atoms with Crippen LogP contribution in [0.5, 0.6) is 11.5 Å². The predicted octanol–water partition coefficient (Wildman–Crippen LogP) is 4.08. The molecule has 0 aliphatic heterocycles. The first kappa shape index (κ1) is 15.3. The molecular formula is C15H14BrNO4. The second kappa shape index (κ2) is 7.08. The summed E-state index contributed by atoms with van der Waals surface area (Å²) in [5, 5.41) is 11.3. The molecule has 21 heavy (non-hydrogen) atoms. The molecule has 2 aromatic carbocycles. The second-order valence-electron chi connectivity index (χ2n) is 4.32. The minimum Gasteiger partial charge on any atom is -0.497 e. The summed E-state index contributed by atoms with van der Waals surface area (Å²) in [6.07, 6.45) is 0. The smallest absolute Gasteiger partial charge is 0.270 e. The van der Waals surface area contributed by atoms with E-state index >= 15 is 0 Å². The molecule has 2 aromatic rings. The number of nitro benzene ring substituents is 1. The number of ether oxygens (including phenoxy) is 2. The van der Waals surface area contributed by atoms with E-state index in [0.29, 0.717) is 17.7 Å². The van der Waals surface area contributed by atoms with Gasteiger partial charge in [0.1, 0.15) is 18.1 Å². The topological polar surface area (TPSA) is 61.6 Å². The number of halogens is 1. The molecule has 0 atom stereocenters. The van der Waals surface area contributed by atoms with E-state index in [1.54, 1.807) is 13.2 Å². The molecule has 0 aliphatic rings. The van der Waals surface area contributed by atoms with Crippen LogP contribution in [0.25, 0.3) is 0 Å². The van der Waals surface area contributed by atoms with Crippen molar-refractivity contribution in [1.29, 1.82) is 0 Å². The first-order valence-corrected chi connectivity index (χ1v) is 7.35. The molecule has 0 radical (unpaired) electrons. The summed E-state index contributed by atoms with van der Waals surface area (Å²) in [6.45, 7) is 0.391. The minimum absolute atomic E-state index is 0.0567. The van der Waals surface area contributed by atoms with Crippen LogP contribution in [0.4, 0.5) is 5.69 Å². The van der Waals surface area contributed by atoms with E-state index in [9.17, 15) is 10.1 Å². The van der Waals surface area contributed by atoms with Gasteiger partial charge in [-0.15, -0.1) is 0 Å². The van der Waals surface area contributed by atoms with Crippen molar-refractivity contribution >= 4 is 21.6 Å². The summed E-state index contributed by atoms with van der Waals surface area (Å²) in [5.74, 6) is 1.42. The van der Waals surface area contributed by atoms with Crippen LogP contribution in [-0.2, 0) is 11.9 Å². The van der Waals surface area contributed by atoms with Crippen LogP contribution >= 0.6 is 15.9 Å². The molecular weight excluding hydrogens is 338 g/mol. The Kier molecular flexibility index (Phi) is 5.16. The zero-order valence-corrected chi connectivity index (χ0v) is 13.0. The van der Waals surface area contributed by atoms with Gasteiger partial charge in [0.05, 0.1) is 12.0 Å². The monoisotopic (exact) mass is 351 g/mol. The summed E-state index contributed by atoms with van der Waals surface area (Å²) in [6, 6.07) is 12.1. The molecule has 2 rings (SSSR count). The maximum atomic E-state index is 10.8. The van der Waals surface area contributed by atoms with E-state index < -0.39 is 4.92 Å². The highest BCUT2D eigenvalue weighted by Gasteiger charge is 2.11. The standard InChI is InChI=1S/C15H14BrNO4/c1-20-14-5-2-11(3-6-14)10-21-15-7-4-13(17(18)19)8-12(15)9-16/h2-8H,9-10H2,1H3. The number of methoxy groups -OCH3 is 1. The molecule has 0 amide bonds. The first-order chi connectivity index (χ1) is 10.1. The highest BCUT2D eigenvalue weighted by Crippen LogP contribution is 2.27. The van der Waals surface area contributed by atoms with Gasteiger partial charge in [-0.1, -0.05) is 28.1 Å². The average Bonchev–Trinajstić information content (AvgIpc) is 2.53. The van der Waals surface area contributed by atoms with E-state index in [4.69, 9.17) is 9.47 Å². The van der Waals surface area contributed by atoms with E-state index in [-0.39, 0.29) is 5.69 Å². The van der Waals surface area contributed by atoms with Crippen molar-refractivity contribution in [3.8, 4) is 11.5 Å². The van der Waals surface area contributed by atoms with Gasteiger partial charge in [-0.2, -0.15) is 0 Å². The predicted molar refractivity (Wildman–Crippen MR) is 83.1 cm³/mol. The van der Waals surface area contributed by atoms with Gasteiger partial charge >= 0.3 is 0 Å². The number of rotatable bonds is 6. The second-order valence-corrected chi connectivity index (χ2v) is 4.88. The SMILES string of the molecule is COc1ccc(COc2ccc([N+](=O)[O-])cc2CBr)cc1. The van der Waals surface area contributed by atoms with Crippen LogP contribution in [0.2, 0.25) is 0 Å². The molecule has 0 bridgehead atoms. The van der Waals surface area contributed by atoms with E-state index in [2.05, 4.69) is 15.9 Å². The van der Waals surface area contributed by atoms with Crippen LogP contribution in [0.1, 0.15) is 11.1 Å². The lowest BCUT2D eigenvalue weighted by Crippen LogP contribution is -1.99. The van der Waals surface area contributed by atoms with Crippen LogP contribution in [-0.4, -0.2) is 12.0 Å². The number of nitro groups is 1. The molecule has 0 N–H and O–H groups in total. The minimum atomic E-state index is -0.417. The lowest BCUT2D eigenvalue weighted by Gasteiger charge is -2.10. The van der Waals surface area contributed by atoms with Crippen LogP contribution in [0, 0.1) is 10.1 Å². The summed E-state index contributed by atoms with van der Waals surface area (Å²) in [7, 11) is 1.62. The molecule has 0 spiro atoms. The third kappa shape index (κ3) is 3.95. The van der Waals surface area contributed by atoms with E-state index in [0.717, 1.165) is 16.9 Å². The highest BCUT2D eigenvalue weighted by atomic mass is 79.9. The highest BCUT2D eigenvalue weighted by molar-refractivity contribution is 9.08. The summed E-state index contributed by atoms with van der Waals surface area (Å²) < 4.78 is 10.8. The van der Waals surface area contributed by atoms with Crippen molar-refractivity contribution < 1.29 is 14.4 Å². The van der Waals surface area contributed by atoms with Gasteiger partial charge in [0, 0.05) is 23.0 Å². The average molecular weight is 352 g/mol. The molecule has 0 aromatic heterocycles. The molecule has 0 saturated carbocycles. The van der Waals surface area contributed by atoms with Gasteiger partial charge in [-0.3, -0.25) is 10.1 Å². The zero-order valence-electron chi connectivity index (χ0n) is 11.4. The van der Waals surface area contributed by atoms with Crippen molar-refractivity contribution in [3.05, 3.63) is 63.7 Å². The molecule has 0 saturated heterocycles. The number of nitrogens with zero attached hydrogens (tertiary/aromatic N) is 1. The number of non-ortho nitro benzene ring substituents is 1. The van der Waals surface area contributed by atoms with Crippen molar-refractivity contribution in [2.75, 3.05) is 7.11 Å². The molecule has 0 unspecified atom stereocenters. The Hall–Kier alpha value is -2.08. The number of hydrogen-bond acceptors (Lipinski definition) is 4. The maximum absolute atomic E-state index is 10.8. The Labute approximate surface area is 130 Å². The van der Waals surface area contributed by atoms with Crippen molar-refractivity contribution in [2.45, 2.75) is 11.9 Å². The molecule has 6 heteroatoms. The normalized spacial score (nSPS) is 10.2. The van der Waals surface area contributed by atoms with Crippen LogP contribution in [0.15, 0.2) is 42.5 Å². The van der Waals surface area contributed by atoms with Crippen LogP contribution < -0.4 is 9.47 Å². The summed E-state index contributed by atoms with van der Waals surface area (Å²) in [5.41, 5.74) is 1.80. The Morgan fingerprint density at radius 1 is 1.19 bits per heavy atom. The molecule has 5 nitrogen and oxygen atoms in total. The molecule has 110 valence electrons. The third-order valence-corrected chi connectivity index (χ3v) is 3.56. The van der Waals surface area contributed by atoms with Crippen molar-refractivity contribution in [1.82, 2.24) is 0 Å². The Morgan fingerprint density at radius 3 is 2.48 bits per heavy atom. The number of hydrogen-bond donors (Lipinski definition) is 0. The quantitative estimate of drug-likeness (QED) is 0.447. The van der Waals surface area contributed by atoms with E-state index in [1.165, 1.54) is 12.1 Å². The van der Waals surface area contributed by atoms with Crippen LogP contribution in [0.3, 0.4) is 0 Å². The van der Waals surface area contributed by atoms with Gasteiger partial charge in [0.15, 0.2) is 0 Å². The molecule has 0 heterocycles. The lowest BCUT2D eigenvalue weighted by molar-refractivity contribution is -0.384. The maximum Gasteiger partial charge on any atom is 0.270 e. The largest absolute Gasteiger partial charge is 0.497 e. The third-order valence-electron chi connectivity index (χ3n) is 2.95. The number of alkyl halides is 1. The molecule has 0 aliphatic carbocycles. The zero-order chi connectivity index (χ0) is 15.2. The molecule has 0 fully saturated rings. The van der Waals surface area contributed by atoms with Gasteiger partial charge in [-0.05, 0) is 23.8 Å². The Balaban J connectivity index is 2.09. The lowest BCUT2D eigenvalue weighted by atomic mass is 10.2. The first-order valence-electron chi connectivity index (χ1n) is 6.23. The fourth-order valence-electron chi connectivity index (χ4n) is 1.81. The van der Waals surface area contributed by atoms with Crippen molar-refractivity contribution in [2.24, 2.45) is 0 Å². The fraction of sp³-hybridized carbons (Fsp3) is 0.200. The van der Waals surface area contributed by atoms with Gasteiger partial charge in [0.25, 0.3) is 5.69 Å². The Morgan fingerprint density at radius 2 is 1.90 bits per heavy atom. The number of benzene rings is 2. The van der Waals surface area contributed by atoms with E-state index in [1.807, 2.05) is 24.3 Å². The van der Waals surface area contributed by atoms with Gasteiger partial charge in [-0.25, -0.2) is 0 Å². The Bertz CT molecular complexity index is 628. The summed E-state index contributed by atoms with van der Waals surface area (Å²) in [4.78, 5) is 10.3.